The molecule has 1 aliphatic rings. The quantitative estimate of drug-likeness (QED) is 0.882. The molecule has 1 aliphatic carbocycles. The Bertz CT molecular complexity index is 628. The van der Waals surface area contributed by atoms with E-state index in [1.165, 1.54) is 25.3 Å². The maximum atomic E-state index is 13.9. The number of anilines is 1. The van der Waals surface area contributed by atoms with Gasteiger partial charge in [-0.25, -0.2) is 9.07 Å². The third kappa shape index (κ3) is 2.75. The van der Waals surface area contributed by atoms with Crippen LogP contribution in [0.25, 0.3) is 11.4 Å². The van der Waals surface area contributed by atoms with Crippen molar-refractivity contribution in [1.29, 1.82) is 0 Å². The molecule has 6 heteroatoms. The van der Waals surface area contributed by atoms with E-state index < -0.39 is 0 Å². The highest BCUT2D eigenvalue weighted by atomic mass is 19.1. The summed E-state index contributed by atoms with van der Waals surface area (Å²) in [5.41, 5.74) is 7.36. The molecule has 2 unspecified atom stereocenters. The van der Waals surface area contributed by atoms with Gasteiger partial charge in [0.25, 0.3) is 0 Å². The van der Waals surface area contributed by atoms with Gasteiger partial charge in [-0.05, 0) is 54.2 Å². The van der Waals surface area contributed by atoms with Crippen LogP contribution in [0.4, 0.5) is 10.1 Å². The number of tetrazole rings is 1. The monoisotopic (exact) mass is 289 g/mol. The van der Waals surface area contributed by atoms with Crippen LogP contribution in [0.1, 0.15) is 31.7 Å². The SMILES string of the molecule is Cc1c(N)cc(-c2nnnn2CC2CCC(C)C2)cc1F. The number of nitrogens with zero attached hydrogens (tertiary/aromatic N) is 4. The Balaban J connectivity index is 1.88. The van der Waals surface area contributed by atoms with E-state index in [2.05, 4.69) is 22.4 Å². The lowest BCUT2D eigenvalue weighted by Gasteiger charge is -2.11. The van der Waals surface area contributed by atoms with E-state index in [1.807, 2.05) is 0 Å². The first-order valence-electron chi connectivity index (χ1n) is 7.36. The molecule has 0 spiro atoms. The van der Waals surface area contributed by atoms with E-state index in [9.17, 15) is 4.39 Å². The second-order valence-corrected chi connectivity index (χ2v) is 6.14. The average molecular weight is 289 g/mol. The molecule has 0 amide bonds. The molecule has 1 fully saturated rings. The Morgan fingerprint density at radius 2 is 2.19 bits per heavy atom. The number of hydrogen-bond donors (Lipinski definition) is 1. The molecule has 2 atom stereocenters. The van der Waals surface area contributed by atoms with Crippen LogP contribution in [0.15, 0.2) is 12.1 Å². The van der Waals surface area contributed by atoms with Crippen LogP contribution >= 0.6 is 0 Å². The van der Waals surface area contributed by atoms with Gasteiger partial charge in [-0.1, -0.05) is 13.3 Å². The Morgan fingerprint density at radius 1 is 1.38 bits per heavy atom. The van der Waals surface area contributed by atoms with Crippen LogP contribution in [0.5, 0.6) is 0 Å². The van der Waals surface area contributed by atoms with E-state index in [0.717, 1.165) is 12.5 Å². The third-order valence-corrected chi connectivity index (χ3v) is 4.41. The van der Waals surface area contributed by atoms with Crippen LogP contribution in [0, 0.1) is 24.6 Å². The zero-order chi connectivity index (χ0) is 15.0. The van der Waals surface area contributed by atoms with Crippen LogP contribution in [0.2, 0.25) is 0 Å². The van der Waals surface area contributed by atoms with E-state index in [1.54, 1.807) is 17.7 Å². The highest BCUT2D eigenvalue weighted by Gasteiger charge is 2.23. The maximum Gasteiger partial charge on any atom is 0.182 e. The second kappa shape index (κ2) is 5.42. The van der Waals surface area contributed by atoms with Crippen LogP contribution in [-0.4, -0.2) is 20.2 Å². The van der Waals surface area contributed by atoms with Crippen molar-refractivity contribution in [1.82, 2.24) is 20.2 Å². The summed E-state index contributed by atoms with van der Waals surface area (Å²) in [4.78, 5) is 0. The Hall–Kier alpha value is -1.98. The molecule has 2 N–H and O–H groups in total. The van der Waals surface area contributed by atoms with Crippen molar-refractivity contribution in [3.63, 3.8) is 0 Å². The zero-order valence-corrected chi connectivity index (χ0v) is 12.4. The van der Waals surface area contributed by atoms with Crippen molar-refractivity contribution < 1.29 is 4.39 Å². The van der Waals surface area contributed by atoms with Crippen molar-refractivity contribution >= 4 is 5.69 Å². The van der Waals surface area contributed by atoms with Gasteiger partial charge in [0.15, 0.2) is 5.82 Å². The molecule has 5 nitrogen and oxygen atoms in total. The number of halogens is 1. The molecule has 1 saturated carbocycles. The molecule has 3 rings (SSSR count). The smallest absolute Gasteiger partial charge is 0.182 e. The van der Waals surface area contributed by atoms with Gasteiger partial charge in [-0.2, -0.15) is 0 Å². The molecule has 2 aromatic rings. The second-order valence-electron chi connectivity index (χ2n) is 6.14. The van der Waals surface area contributed by atoms with Crippen molar-refractivity contribution in [2.75, 3.05) is 5.73 Å². The fourth-order valence-corrected chi connectivity index (χ4v) is 3.10. The van der Waals surface area contributed by atoms with Gasteiger partial charge < -0.3 is 5.73 Å². The summed E-state index contributed by atoms with van der Waals surface area (Å²) in [6.45, 7) is 4.72. The molecule has 0 saturated heterocycles. The summed E-state index contributed by atoms with van der Waals surface area (Å²) in [7, 11) is 0. The predicted octanol–water partition coefficient (Wildman–Crippen LogP) is 2.81. The minimum absolute atomic E-state index is 0.325. The summed E-state index contributed by atoms with van der Waals surface area (Å²) in [5, 5.41) is 11.8. The fraction of sp³-hybridized carbons (Fsp3) is 0.533. The Labute approximate surface area is 123 Å². The van der Waals surface area contributed by atoms with Gasteiger partial charge in [0, 0.05) is 23.4 Å². The lowest BCUT2D eigenvalue weighted by Crippen LogP contribution is -2.11. The molecule has 1 aromatic carbocycles. The number of hydrogen-bond acceptors (Lipinski definition) is 4. The molecule has 0 aliphatic heterocycles. The first kappa shape index (κ1) is 14.0. The van der Waals surface area contributed by atoms with Crippen LogP contribution in [0.3, 0.4) is 0 Å². The van der Waals surface area contributed by atoms with E-state index in [0.29, 0.717) is 28.6 Å². The molecular formula is C15H20FN5. The standard InChI is InChI=1S/C15H20FN5/c1-9-3-4-11(5-9)8-21-15(18-19-20-21)12-6-13(16)10(2)14(17)7-12/h6-7,9,11H,3-5,8,17H2,1-2H3. The largest absolute Gasteiger partial charge is 0.398 e. The number of aromatic nitrogens is 4. The van der Waals surface area contributed by atoms with E-state index >= 15 is 0 Å². The van der Waals surface area contributed by atoms with E-state index in [-0.39, 0.29) is 5.82 Å². The van der Waals surface area contributed by atoms with Crippen molar-refractivity contribution in [2.45, 2.75) is 39.7 Å². The predicted molar refractivity (Wildman–Crippen MR) is 78.9 cm³/mol. The van der Waals surface area contributed by atoms with Crippen molar-refractivity contribution in [3.8, 4) is 11.4 Å². The summed E-state index contributed by atoms with van der Waals surface area (Å²) in [6, 6.07) is 3.18. The lowest BCUT2D eigenvalue weighted by molar-refractivity contribution is 0.412. The van der Waals surface area contributed by atoms with Gasteiger partial charge in [-0.3, -0.25) is 0 Å². The number of nitrogen functional groups attached to an aromatic ring is 1. The topological polar surface area (TPSA) is 69.6 Å². The third-order valence-electron chi connectivity index (χ3n) is 4.41. The molecule has 0 bridgehead atoms. The Kier molecular flexibility index (Phi) is 3.61. The van der Waals surface area contributed by atoms with Gasteiger partial charge in [0.05, 0.1) is 0 Å². The summed E-state index contributed by atoms with van der Waals surface area (Å²) < 4.78 is 15.6. The van der Waals surface area contributed by atoms with Gasteiger partial charge in [0.1, 0.15) is 5.82 Å². The minimum Gasteiger partial charge on any atom is -0.398 e. The highest BCUT2D eigenvalue weighted by molar-refractivity contribution is 5.63. The summed E-state index contributed by atoms with van der Waals surface area (Å²) in [6.07, 6.45) is 3.66. The first-order valence-corrected chi connectivity index (χ1v) is 7.36. The lowest BCUT2D eigenvalue weighted by atomic mass is 10.1. The number of benzene rings is 1. The highest BCUT2D eigenvalue weighted by Crippen LogP contribution is 2.32. The van der Waals surface area contributed by atoms with Crippen molar-refractivity contribution in [2.24, 2.45) is 11.8 Å². The first-order chi connectivity index (χ1) is 10.0. The summed E-state index contributed by atoms with van der Waals surface area (Å²) >= 11 is 0. The zero-order valence-electron chi connectivity index (χ0n) is 12.4. The Morgan fingerprint density at radius 3 is 2.86 bits per heavy atom. The van der Waals surface area contributed by atoms with Gasteiger partial charge in [-0.15, -0.1) is 5.10 Å². The average Bonchev–Trinajstić information content (AvgIpc) is 3.05. The number of nitrogens with two attached hydrogens (primary N) is 1. The number of rotatable bonds is 3. The fourth-order valence-electron chi connectivity index (χ4n) is 3.10. The summed E-state index contributed by atoms with van der Waals surface area (Å²) in [5.74, 6) is 1.62. The minimum atomic E-state index is -0.325. The molecule has 112 valence electrons. The van der Waals surface area contributed by atoms with Crippen LogP contribution in [-0.2, 0) is 6.54 Å². The van der Waals surface area contributed by atoms with Gasteiger partial charge >= 0.3 is 0 Å². The van der Waals surface area contributed by atoms with Crippen molar-refractivity contribution in [3.05, 3.63) is 23.5 Å². The molecule has 1 heterocycles. The van der Waals surface area contributed by atoms with Gasteiger partial charge in [0.2, 0.25) is 0 Å². The maximum absolute atomic E-state index is 13.9. The molecular weight excluding hydrogens is 269 g/mol. The molecule has 21 heavy (non-hydrogen) atoms. The molecule has 0 radical (unpaired) electrons. The van der Waals surface area contributed by atoms with Crippen LogP contribution < -0.4 is 5.73 Å². The molecule has 1 aromatic heterocycles. The normalized spacial score (nSPS) is 21.9. The van der Waals surface area contributed by atoms with E-state index in [4.69, 9.17) is 5.73 Å².